The van der Waals surface area contributed by atoms with Crippen molar-refractivity contribution in [2.75, 3.05) is 25.1 Å². The molecule has 3 aromatic rings. The molecule has 0 unspecified atom stereocenters. The van der Waals surface area contributed by atoms with Crippen LogP contribution in [0.2, 0.25) is 5.02 Å². The SMILES string of the molecule is COc1ccc(S(=O)(=O)N(CC(=O)N(Cc2ccc(Br)cc2)[C@@H](C)C(=O)NC2CCCCC2)c2ccc(Cl)cc2)cc1OC. The number of methoxy groups -OCH3 is 2. The molecule has 1 aliphatic rings. The molecule has 0 aliphatic heterocycles. The molecular weight excluding hydrogens is 670 g/mol. The molecule has 12 heteroatoms. The second-order valence-corrected chi connectivity index (χ2v) is 13.9. The minimum atomic E-state index is -4.30. The molecule has 0 saturated heterocycles. The summed E-state index contributed by atoms with van der Waals surface area (Å²) in [4.78, 5) is 29.0. The number of sulfonamides is 1. The van der Waals surface area contributed by atoms with Crippen molar-refractivity contribution in [3.05, 3.63) is 81.8 Å². The van der Waals surface area contributed by atoms with E-state index in [1.807, 2.05) is 24.3 Å². The highest BCUT2D eigenvalue weighted by Gasteiger charge is 2.33. The van der Waals surface area contributed by atoms with Crippen LogP contribution in [0.4, 0.5) is 5.69 Å². The van der Waals surface area contributed by atoms with E-state index in [4.69, 9.17) is 21.1 Å². The lowest BCUT2D eigenvalue weighted by atomic mass is 9.95. The molecular formula is C32H37BrClN3O6S. The van der Waals surface area contributed by atoms with Crippen LogP contribution in [0.1, 0.15) is 44.6 Å². The third-order valence-corrected chi connectivity index (χ3v) is 10.3. The monoisotopic (exact) mass is 705 g/mol. The zero-order valence-electron chi connectivity index (χ0n) is 25.0. The Balaban J connectivity index is 1.70. The summed E-state index contributed by atoms with van der Waals surface area (Å²) in [7, 11) is -1.43. The average molecular weight is 707 g/mol. The maximum absolute atomic E-state index is 14.2. The summed E-state index contributed by atoms with van der Waals surface area (Å²) in [6, 6.07) is 17.0. The van der Waals surface area contributed by atoms with E-state index in [1.54, 1.807) is 19.1 Å². The van der Waals surface area contributed by atoms with Gasteiger partial charge >= 0.3 is 0 Å². The molecule has 2 amide bonds. The van der Waals surface area contributed by atoms with Gasteiger partial charge in [-0.25, -0.2) is 8.42 Å². The van der Waals surface area contributed by atoms with Gasteiger partial charge in [-0.05, 0) is 73.9 Å². The number of nitrogens with one attached hydrogen (secondary N) is 1. The highest BCUT2D eigenvalue weighted by atomic mass is 79.9. The first-order valence-corrected chi connectivity index (χ1v) is 17.0. The minimum Gasteiger partial charge on any atom is -0.493 e. The number of hydrogen-bond donors (Lipinski definition) is 1. The van der Waals surface area contributed by atoms with Crippen LogP contribution in [0.15, 0.2) is 76.1 Å². The van der Waals surface area contributed by atoms with Crippen molar-refractivity contribution >= 4 is 55.1 Å². The Morgan fingerprint density at radius 2 is 1.59 bits per heavy atom. The second kappa shape index (κ2) is 15.1. The van der Waals surface area contributed by atoms with Crippen molar-refractivity contribution in [2.24, 2.45) is 0 Å². The Bertz CT molecular complexity index is 1550. The van der Waals surface area contributed by atoms with Crippen molar-refractivity contribution < 1.29 is 27.5 Å². The van der Waals surface area contributed by atoms with Gasteiger partial charge in [-0.1, -0.05) is 58.9 Å². The normalized spacial score (nSPS) is 14.4. The number of ether oxygens (including phenoxy) is 2. The lowest BCUT2D eigenvalue weighted by molar-refractivity contribution is -0.139. The number of nitrogens with zero attached hydrogens (tertiary/aromatic N) is 2. The van der Waals surface area contributed by atoms with Gasteiger partial charge in [0, 0.05) is 28.1 Å². The molecule has 236 valence electrons. The maximum atomic E-state index is 14.2. The van der Waals surface area contributed by atoms with E-state index in [2.05, 4.69) is 21.2 Å². The molecule has 0 heterocycles. The highest BCUT2D eigenvalue weighted by molar-refractivity contribution is 9.10. The van der Waals surface area contributed by atoms with Gasteiger partial charge in [0.15, 0.2) is 11.5 Å². The van der Waals surface area contributed by atoms with Gasteiger partial charge in [-0.3, -0.25) is 13.9 Å². The third-order valence-electron chi connectivity index (χ3n) is 7.72. The molecule has 1 N–H and O–H groups in total. The molecule has 1 aliphatic carbocycles. The van der Waals surface area contributed by atoms with Gasteiger partial charge in [0.1, 0.15) is 12.6 Å². The van der Waals surface area contributed by atoms with Crippen LogP contribution >= 0.6 is 27.5 Å². The molecule has 9 nitrogen and oxygen atoms in total. The number of hydrogen-bond acceptors (Lipinski definition) is 6. The van der Waals surface area contributed by atoms with Crippen molar-refractivity contribution in [1.29, 1.82) is 0 Å². The lowest BCUT2D eigenvalue weighted by Crippen LogP contribution is -2.53. The molecule has 3 aromatic carbocycles. The van der Waals surface area contributed by atoms with Gasteiger partial charge in [0.25, 0.3) is 10.0 Å². The molecule has 44 heavy (non-hydrogen) atoms. The van der Waals surface area contributed by atoms with Gasteiger partial charge in [0.2, 0.25) is 11.8 Å². The van der Waals surface area contributed by atoms with E-state index in [1.165, 1.54) is 49.5 Å². The molecule has 0 radical (unpaired) electrons. The third kappa shape index (κ3) is 8.25. The number of rotatable bonds is 12. The summed E-state index contributed by atoms with van der Waals surface area (Å²) >= 11 is 9.54. The first-order valence-electron chi connectivity index (χ1n) is 14.4. The van der Waals surface area contributed by atoms with Crippen LogP contribution in [0.25, 0.3) is 0 Å². The quantitative estimate of drug-likeness (QED) is 0.241. The molecule has 4 rings (SSSR count). The van der Waals surface area contributed by atoms with E-state index in [-0.39, 0.29) is 34.8 Å². The Hall–Kier alpha value is -3.28. The second-order valence-electron chi connectivity index (χ2n) is 10.7. The van der Waals surface area contributed by atoms with E-state index < -0.39 is 28.5 Å². The van der Waals surface area contributed by atoms with E-state index >= 15 is 0 Å². The van der Waals surface area contributed by atoms with Crippen LogP contribution in [0, 0.1) is 0 Å². The smallest absolute Gasteiger partial charge is 0.264 e. The summed E-state index contributed by atoms with van der Waals surface area (Å²) in [6.07, 6.45) is 5.03. The van der Waals surface area contributed by atoms with Crippen molar-refractivity contribution in [3.8, 4) is 11.5 Å². The number of benzene rings is 3. The topological polar surface area (TPSA) is 105 Å². The summed E-state index contributed by atoms with van der Waals surface area (Å²) < 4.78 is 40.8. The summed E-state index contributed by atoms with van der Waals surface area (Å²) in [5, 5.41) is 3.52. The number of carbonyl (C=O) groups is 2. The first kappa shape index (κ1) is 33.6. The van der Waals surface area contributed by atoms with Crippen LogP contribution < -0.4 is 19.1 Å². The van der Waals surface area contributed by atoms with Crippen molar-refractivity contribution in [2.45, 2.75) is 62.6 Å². The zero-order valence-corrected chi connectivity index (χ0v) is 28.1. The zero-order chi connectivity index (χ0) is 31.9. The summed E-state index contributed by atoms with van der Waals surface area (Å²) in [5.41, 5.74) is 1.03. The summed E-state index contributed by atoms with van der Waals surface area (Å²) in [6.45, 7) is 1.22. The lowest BCUT2D eigenvalue weighted by Gasteiger charge is -2.33. The van der Waals surface area contributed by atoms with E-state index in [9.17, 15) is 18.0 Å². The molecule has 0 aromatic heterocycles. The fourth-order valence-electron chi connectivity index (χ4n) is 5.18. The maximum Gasteiger partial charge on any atom is 0.264 e. The van der Waals surface area contributed by atoms with Gasteiger partial charge in [-0.15, -0.1) is 0 Å². The predicted octanol–water partition coefficient (Wildman–Crippen LogP) is 6.18. The Morgan fingerprint density at radius 3 is 2.20 bits per heavy atom. The number of amides is 2. The minimum absolute atomic E-state index is 0.0549. The largest absolute Gasteiger partial charge is 0.493 e. The van der Waals surface area contributed by atoms with E-state index in [0.717, 1.165) is 46.4 Å². The molecule has 0 spiro atoms. The standard InChI is InChI=1S/C32H37BrClN3O6S/c1-22(32(39)35-26-7-5-4-6-8-26)36(20-23-9-11-24(33)12-10-23)31(38)21-37(27-15-13-25(34)14-16-27)44(40,41)28-17-18-29(42-2)30(19-28)43-3/h9-19,22,26H,4-8,20-21H2,1-3H3,(H,35,39)/t22-/m0/s1. The van der Waals surface area contributed by atoms with Gasteiger partial charge in [-0.2, -0.15) is 0 Å². The van der Waals surface area contributed by atoms with Gasteiger partial charge < -0.3 is 19.7 Å². The number of halogens is 2. The fraction of sp³-hybridized carbons (Fsp3) is 0.375. The molecule has 1 fully saturated rings. The molecule has 1 saturated carbocycles. The van der Waals surface area contributed by atoms with Crippen molar-refractivity contribution in [1.82, 2.24) is 10.2 Å². The average Bonchev–Trinajstić information content (AvgIpc) is 3.03. The van der Waals surface area contributed by atoms with Crippen LogP contribution in [0.3, 0.4) is 0 Å². The van der Waals surface area contributed by atoms with Crippen LogP contribution in [0.5, 0.6) is 11.5 Å². The van der Waals surface area contributed by atoms with Crippen LogP contribution in [-0.4, -0.2) is 58.0 Å². The molecule has 1 atom stereocenters. The predicted molar refractivity (Wildman–Crippen MR) is 175 cm³/mol. The molecule has 0 bridgehead atoms. The number of anilines is 1. The fourth-order valence-corrected chi connectivity index (χ4v) is 7.00. The van der Waals surface area contributed by atoms with Crippen LogP contribution in [-0.2, 0) is 26.2 Å². The highest BCUT2D eigenvalue weighted by Crippen LogP contribution is 2.33. The first-order chi connectivity index (χ1) is 21.0. The van der Waals surface area contributed by atoms with Crippen molar-refractivity contribution in [3.63, 3.8) is 0 Å². The summed E-state index contributed by atoms with van der Waals surface area (Å²) in [5.74, 6) is -0.235. The number of carbonyl (C=O) groups excluding carboxylic acids is 2. The Kier molecular flexibility index (Phi) is 11.6. The Labute approximate surface area is 272 Å². The Morgan fingerprint density at radius 1 is 0.955 bits per heavy atom. The van der Waals surface area contributed by atoms with Gasteiger partial charge in [0.05, 0.1) is 24.8 Å². The van der Waals surface area contributed by atoms with E-state index in [0.29, 0.717) is 10.8 Å².